The van der Waals surface area contributed by atoms with Gasteiger partial charge in [0.25, 0.3) is 5.91 Å². The number of rotatable bonds is 5. The van der Waals surface area contributed by atoms with Crippen LogP contribution in [0.15, 0.2) is 102 Å². The van der Waals surface area contributed by atoms with Gasteiger partial charge in [-0.15, -0.1) is 0 Å². The number of benzene rings is 3. The second kappa shape index (κ2) is 8.35. The van der Waals surface area contributed by atoms with E-state index < -0.39 is 0 Å². The van der Waals surface area contributed by atoms with Crippen molar-refractivity contribution in [3.63, 3.8) is 0 Å². The lowest BCUT2D eigenvalue weighted by Gasteiger charge is -2.09. The zero-order chi connectivity index (χ0) is 21.9. The van der Waals surface area contributed by atoms with E-state index >= 15 is 0 Å². The summed E-state index contributed by atoms with van der Waals surface area (Å²) < 4.78 is 7.10. The first kappa shape index (κ1) is 19.5. The number of aryl methyl sites for hydroxylation is 1. The largest absolute Gasteiger partial charge is 0.427 e. The summed E-state index contributed by atoms with van der Waals surface area (Å²) in [6.45, 7) is 1.77. The summed E-state index contributed by atoms with van der Waals surface area (Å²) in [6.07, 6.45) is 1.31. The number of oxazole rings is 1. The van der Waals surface area contributed by atoms with Gasteiger partial charge in [-0.1, -0.05) is 60.7 Å². The summed E-state index contributed by atoms with van der Waals surface area (Å²) in [4.78, 5) is 16.6. The molecule has 0 aliphatic rings. The third-order valence-corrected chi connectivity index (χ3v) is 5.20. The highest BCUT2D eigenvalue weighted by Gasteiger charge is 2.15. The van der Waals surface area contributed by atoms with E-state index in [-0.39, 0.29) is 5.91 Å². The molecule has 156 valence electrons. The average Bonchev–Trinajstić information content (AvgIpc) is 3.47. The Balaban J connectivity index is 1.50. The van der Waals surface area contributed by atoms with Crippen molar-refractivity contribution in [2.45, 2.75) is 6.92 Å². The molecular formula is C26H20N4O2. The summed E-state index contributed by atoms with van der Waals surface area (Å²) in [5.41, 5.74) is 5.96. The maximum Gasteiger partial charge on any atom is 0.258 e. The summed E-state index contributed by atoms with van der Waals surface area (Å²) >= 11 is 0. The van der Waals surface area contributed by atoms with Crippen LogP contribution in [0, 0.1) is 6.92 Å². The quantitative estimate of drug-likeness (QED) is 0.393. The SMILES string of the molecule is Cc1ncoc1NC(=O)c1ccc(-n2nc(-c3ccccc3)cc2-c2ccccc2)cc1. The topological polar surface area (TPSA) is 73.0 Å². The zero-order valence-corrected chi connectivity index (χ0v) is 17.4. The summed E-state index contributed by atoms with van der Waals surface area (Å²) in [6, 6.07) is 29.6. The number of nitrogens with one attached hydrogen (secondary N) is 1. The van der Waals surface area contributed by atoms with Crippen LogP contribution in [0.3, 0.4) is 0 Å². The van der Waals surface area contributed by atoms with Crippen molar-refractivity contribution in [2.75, 3.05) is 5.32 Å². The van der Waals surface area contributed by atoms with Crippen LogP contribution in [0.2, 0.25) is 0 Å². The molecule has 0 atom stereocenters. The van der Waals surface area contributed by atoms with Crippen LogP contribution in [-0.2, 0) is 0 Å². The summed E-state index contributed by atoms with van der Waals surface area (Å²) in [5, 5.41) is 7.60. The lowest BCUT2D eigenvalue weighted by Crippen LogP contribution is -2.12. The van der Waals surface area contributed by atoms with E-state index in [1.54, 1.807) is 19.1 Å². The lowest BCUT2D eigenvalue weighted by molar-refractivity contribution is 0.102. The normalized spacial score (nSPS) is 10.8. The summed E-state index contributed by atoms with van der Waals surface area (Å²) in [7, 11) is 0. The molecule has 0 saturated carbocycles. The lowest BCUT2D eigenvalue weighted by atomic mass is 10.1. The number of carbonyl (C=O) groups is 1. The van der Waals surface area contributed by atoms with Crippen molar-refractivity contribution in [1.29, 1.82) is 0 Å². The van der Waals surface area contributed by atoms with Crippen LogP contribution in [-0.4, -0.2) is 20.7 Å². The molecule has 0 fully saturated rings. The maximum absolute atomic E-state index is 12.6. The minimum Gasteiger partial charge on any atom is -0.427 e. The Morgan fingerprint density at radius 3 is 2.16 bits per heavy atom. The molecule has 5 rings (SSSR count). The van der Waals surface area contributed by atoms with Gasteiger partial charge in [-0.05, 0) is 37.3 Å². The fourth-order valence-electron chi connectivity index (χ4n) is 3.49. The second-order valence-corrected chi connectivity index (χ2v) is 7.33. The van der Waals surface area contributed by atoms with Gasteiger partial charge in [0.15, 0.2) is 6.39 Å². The smallest absolute Gasteiger partial charge is 0.258 e. The number of hydrogen-bond donors (Lipinski definition) is 1. The third kappa shape index (κ3) is 3.81. The fourth-order valence-corrected chi connectivity index (χ4v) is 3.49. The first-order chi connectivity index (χ1) is 15.7. The van der Waals surface area contributed by atoms with Gasteiger partial charge in [0.2, 0.25) is 5.88 Å². The van der Waals surface area contributed by atoms with E-state index in [4.69, 9.17) is 9.52 Å². The molecule has 0 bridgehead atoms. The average molecular weight is 420 g/mol. The molecule has 32 heavy (non-hydrogen) atoms. The Morgan fingerprint density at radius 1 is 0.875 bits per heavy atom. The molecular weight excluding hydrogens is 400 g/mol. The van der Waals surface area contributed by atoms with E-state index in [1.807, 2.05) is 65.3 Å². The van der Waals surface area contributed by atoms with Crippen LogP contribution >= 0.6 is 0 Å². The molecule has 0 aliphatic heterocycles. The number of anilines is 1. The maximum atomic E-state index is 12.6. The van der Waals surface area contributed by atoms with Gasteiger partial charge in [-0.25, -0.2) is 9.67 Å². The van der Waals surface area contributed by atoms with Gasteiger partial charge in [-0.2, -0.15) is 5.10 Å². The first-order valence-electron chi connectivity index (χ1n) is 10.2. The third-order valence-electron chi connectivity index (χ3n) is 5.20. The molecule has 2 heterocycles. The molecule has 0 aliphatic carbocycles. The predicted octanol–water partition coefficient (Wildman–Crippen LogP) is 5.76. The minimum atomic E-state index is -0.259. The monoisotopic (exact) mass is 420 g/mol. The van der Waals surface area contributed by atoms with E-state index in [0.29, 0.717) is 17.1 Å². The van der Waals surface area contributed by atoms with Crippen LogP contribution in [0.1, 0.15) is 16.1 Å². The first-order valence-corrected chi connectivity index (χ1v) is 10.2. The van der Waals surface area contributed by atoms with Crippen molar-refractivity contribution in [3.05, 3.63) is 109 Å². The molecule has 6 heteroatoms. The molecule has 3 aromatic carbocycles. The highest BCUT2D eigenvalue weighted by molar-refractivity contribution is 6.03. The Morgan fingerprint density at radius 2 is 1.53 bits per heavy atom. The Kier molecular flexibility index (Phi) is 5.09. The van der Waals surface area contributed by atoms with Gasteiger partial charge in [-0.3, -0.25) is 10.1 Å². The van der Waals surface area contributed by atoms with Crippen LogP contribution < -0.4 is 5.32 Å². The highest BCUT2D eigenvalue weighted by Crippen LogP contribution is 2.28. The van der Waals surface area contributed by atoms with Gasteiger partial charge >= 0.3 is 0 Å². The molecule has 0 spiro atoms. The standard InChI is InChI=1S/C26H20N4O2/c1-18-26(32-17-27-18)28-25(31)21-12-14-22(15-13-21)30-24(20-10-6-3-7-11-20)16-23(29-30)19-8-4-2-5-9-19/h2-17H,1H3,(H,28,31). The molecule has 1 amide bonds. The van der Waals surface area contributed by atoms with Crippen molar-refractivity contribution in [3.8, 4) is 28.2 Å². The number of carbonyl (C=O) groups excluding carboxylic acids is 1. The van der Waals surface area contributed by atoms with Crippen molar-refractivity contribution in [1.82, 2.24) is 14.8 Å². The number of aromatic nitrogens is 3. The van der Waals surface area contributed by atoms with Crippen LogP contribution in [0.4, 0.5) is 5.88 Å². The molecule has 0 radical (unpaired) electrons. The molecule has 2 aromatic heterocycles. The molecule has 0 unspecified atom stereocenters. The van der Waals surface area contributed by atoms with E-state index in [9.17, 15) is 4.79 Å². The van der Waals surface area contributed by atoms with Gasteiger partial charge < -0.3 is 4.42 Å². The van der Waals surface area contributed by atoms with Crippen molar-refractivity contribution < 1.29 is 9.21 Å². The minimum absolute atomic E-state index is 0.259. The predicted molar refractivity (Wildman–Crippen MR) is 124 cm³/mol. The van der Waals surface area contributed by atoms with Crippen molar-refractivity contribution >= 4 is 11.8 Å². The zero-order valence-electron chi connectivity index (χ0n) is 17.4. The van der Waals surface area contributed by atoms with E-state index in [0.717, 1.165) is 28.2 Å². The van der Waals surface area contributed by atoms with Gasteiger partial charge in [0, 0.05) is 16.7 Å². The van der Waals surface area contributed by atoms with Crippen LogP contribution in [0.5, 0.6) is 0 Å². The van der Waals surface area contributed by atoms with Crippen LogP contribution in [0.25, 0.3) is 28.2 Å². The van der Waals surface area contributed by atoms with E-state index in [2.05, 4.69) is 28.5 Å². The Labute approximate surface area is 185 Å². The molecule has 6 nitrogen and oxygen atoms in total. The molecule has 0 saturated heterocycles. The van der Waals surface area contributed by atoms with Gasteiger partial charge in [0.1, 0.15) is 5.69 Å². The second-order valence-electron chi connectivity index (χ2n) is 7.33. The number of hydrogen-bond acceptors (Lipinski definition) is 4. The van der Waals surface area contributed by atoms with Gasteiger partial charge in [0.05, 0.1) is 17.1 Å². The van der Waals surface area contributed by atoms with E-state index in [1.165, 1.54) is 6.39 Å². The van der Waals surface area contributed by atoms with Crippen molar-refractivity contribution in [2.24, 2.45) is 0 Å². The Hall–Kier alpha value is -4.45. The fraction of sp³-hybridized carbons (Fsp3) is 0.0385. The Bertz CT molecular complexity index is 1350. The molecule has 1 N–H and O–H groups in total. The highest BCUT2D eigenvalue weighted by atomic mass is 16.4. The molecule has 5 aromatic rings. The summed E-state index contributed by atoms with van der Waals surface area (Å²) in [5.74, 6) is 0.0927. The number of nitrogens with zero attached hydrogens (tertiary/aromatic N) is 3. The number of amides is 1.